The van der Waals surface area contributed by atoms with E-state index in [9.17, 15) is 4.79 Å². The van der Waals surface area contributed by atoms with Crippen molar-refractivity contribution in [3.63, 3.8) is 0 Å². The Hall–Kier alpha value is -2.22. The number of hydrogen-bond acceptors (Lipinski definition) is 6. The lowest BCUT2D eigenvalue weighted by Crippen LogP contribution is -2.46. The van der Waals surface area contributed by atoms with E-state index in [0.717, 1.165) is 30.1 Å². The molecule has 1 unspecified atom stereocenters. The van der Waals surface area contributed by atoms with Gasteiger partial charge in [-0.25, -0.2) is 4.98 Å². The number of morpholine rings is 1. The van der Waals surface area contributed by atoms with Gasteiger partial charge in [-0.2, -0.15) is 0 Å². The first-order valence-electron chi connectivity index (χ1n) is 9.38. The van der Waals surface area contributed by atoms with Crippen molar-refractivity contribution in [2.45, 2.75) is 19.1 Å². The van der Waals surface area contributed by atoms with Crippen molar-refractivity contribution >= 4 is 5.91 Å². The van der Waals surface area contributed by atoms with E-state index < -0.39 is 0 Å². The van der Waals surface area contributed by atoms with E-state index in [1.807, 2.05) is 35.2 Å². The summed E-state index contributed by atoms with van der Waals surface area (Å²) in [6, 6.07) is 9.90. The number of hydrogen-bond donors (Lipinski definition) is 0. The molecule has 2 aliphatic heterocycles. The average molecular weight is 371 g/mol. The summed E-state index contributed by atoms with van der Waals surface area (Å²) in [7, 11) is 1.65. The van der Waals surface area contributed by atoms with Crippen molar-refractivity contribution in [1.82, 2.24) is 14.8 Å². The number of benzene rings is 1. The van der Waals surface area contributed by atoms with Crippen molar-refractivity contribution in [1.29, 1.82) is 0 Å². The quantitative estimate of drug-likeness (QED) is 0.796. The molecule has 0 saturated carbocycles. The van der Waals surface area contributed by atoms with Gasteiger partial charge in [0.1, 0.15) is 11.5 Å². The molecule has 3 heterocycles. The topological polar surface area (TPSA) is 68.0 Å². The number of nitrogens with zero attached hydrogens (tertiary/aromatic N) is 3. The molecule has 1 saturated heterocycles. The monoisotopic (exact) mass is 371 g/mol. The van der Waals surface area contributed by atoms with Crippen LogP contribution in [0.1, 0.15) is 29.0 Å². The first kappa shape index (κ1) is 18.2. The third-order valence-corrected chi connectivity index (χ3v) is 5.12. The molecule has 1 amide bonds. The smallest absolute Gasteiger partial charge is 0.237 e. The fraction of sp³-hybridized carbons (Fsp3) is 0.500. The SMILES string of the molecule is COC(c1ccccc1)c1nc2c(o1)CCN(C(=O)CN1CCOCC1)C2. The van der Waals surface area contributed by atoms with Gasteiger partial charge >= 0.3 is 0 Å². The van der Waals surface area contributed by atoms with Gasteiger partial charge in [-0.3, -0.25) is 9.69 Å². The van der Waals surface area contributed by atoms with Gasteiger partial charge in [0, 0.05) is 33.2 Å². The summed E-state index contributed by atoms with van der Waals surface area (Å²) in [4.78, 5) is 21.3. The Bertz CT molecular complexity index is 771. The summed E-state index contributed by atoms with van der Waals surface area (Å²) in [5.41, 5.74) is 1.84. The molecule has 144 valence electrons. The number of fused-ring (bicyclic) bond motifs is 1. The molecule has 0 bridgehead atoms. The zero-order chi connectivity index (χ0) is 18.6. The molecule has 2 aromatic rings. The van der Waals surface area contributed by atoms with Crippen LogP contribution in [0.5, 0.6) is 0 Å². The predicted molar refractivity (Wildman–Crippen MR) is 98.2 cm³/mol. The summed E-state index contributed by atoms with van der Waals surface area (Å²) in [6.45, 7) is 4.61. The summed E-state index contributed by atoms with van der Waals surface area (Å²) in [6.07, 6.45) is 0.344. The van der Waals surface area contributed by atoms with Gasteiger partial charge in [0.2, 0.25) is 11.8 Å². The Balaban J connectivity index is 1.44. The lowest BCUT2D eigenvalue weighted by Gasteiger charge is -2.30. The van der Waals surface area contributed by atoms with E-state index in [1.54, 1.807) is 7.11 Å². The zero-order valence-electron chi connectivity index (χ0n) is 15.6. The fourth-order valence-corrected chi connectivity index (χ4v) is 3.60. The van der Waals surface area contributed by atoms with Crippen molar-refractivity contribution in [3.8, 4) is 0 Å². The number of methoxy groups -OCH3 is 1. The van der Waals surface area contributed by atoms with Crippen LogP contribution < -0.4 is 0 Å². The third kappa shape index (κ3) is 4.05. The Kier molecular flexibility index (Phi) is 5.52. The zero-order valence-corrected chi connectivity index (χ0v) is 15.6. The number of carbonyl (C=O) groups excluding carboxylic acids is 1. The summed E-state index contributed by atoms with van der Waals surface area (Å²) in [5.74, 6) is 1.55. The van der Waals surface area contributed by atoms with Crippen LogP contribution in [0.15, 0.2) is 34.7 Å². The largest absolute Gasteiger partial charge is 0.442 e. The van der Waals surface area contributed by atoms with Gasteiger partial charge < -0.3 is 18.8 Å². The van der Waals surface area contributed by atoms with E-state index in [4.69, 9.17) is 13.9 Å². The minimum Gasteiger partial charge on any atom is -0.442 e. The van der Waals surface area contributed by atoms with Crippen LogP contribution in [0.3, 0.4) is 0 Å². The van der Waals surface area contributed by atoms with Crippen molar-refractivity contribution in [2.75, 3.05) is 46.5 Å². The molecule has 0 N–H and O–H groups in total. The summed E-state index contributed by atoms with van der Waals surface area (Å²) >= 11 is 0. The molecule has 1 atom stereocenters. The highest BCUT2D eigenvalue weighted by atomic mass is 16.5. The van der Waals surface area contributed by atoms with Crippen LogP contribution in [-0.2, 0) is 27.2 Å². The Morgan fingerprint density at radius 2 is 2.00 bits per heavy atom. The fourth-order valence-electron chi connectivity index (χ4n) is 3.60. The van der Waals surface area contributed by atoms with Crippen LogP contribution >= 0.6 is 0 Å². The highest BCUT2D eigenvalue weighted by Gasteiger charge is 2.29. The van der Waals surface area contributed by atoms with Crippen LogP contribution in [0.25, 0.3) is 0 Å². The molecule has 1 aromatic heterocycles. The molecule has 1 aromatic carbocycles. The lowest BCUT2D eigenvalue weighted by molar-refractivity contribution is -0.134. The molecule has 1 fully saturated rings. The van der Waals surface area contributed by atoms with Gasteiger partial charge in [0.25, 0.3) is 0 Å². The third-order valence-electron chi connectivity index (χ3n) is 5.12. The van der Waals surface area contributed by atoms with E-state index in [2.05, 4.69) is 9.88 Å². The maximum Gasteiger partial charge on any atom is 0.237 e. The molecule has 0 spiro atoms. The molecular weight excluding hydrogens is 346 g/mol. The highest BCUT2D eigenvalue weighted by Crippen LogP contribution is 2.29. The van der Waals surface area contributed by atoms with Crippen molar-refractivity contribution in [2.24, 2.45) is 0 Å². The van der Waals surface area contributed by atoms with Crippen molar-refractivity contribution < 1.29 is 18.7 Å². The molecule has 4 rings (SSSR count). The van der Waals surface area contributed by atoms with E-state index in [1.165, 1.54) is 0 Å². The first-order valence-corrected chi connectivity index (χ1v) is 9.38. The molecule has 2 aliphatic rings. The number of carbonyl (C=O) groups is 1. The van der Waals surface area contributed by atoms with Gasteiger partial charge in [0.15, 0.2) is 6.10 Å². The van der Waals surface area contributed by atoms with Crippen LogP contribution in [0, 0.1) is 0 Å². The maximum absolute atomic E-state index is 12.7. The molecule has 7 nitrogen and oxygen atoms in total. The van der Waals surface area contributed by atoms with E-state index in [0.29, 0.717) is 45.2 Å². The van der Waals surface area contributed by atoms with Gasteiger partial charge in [-0.1, -0.05) is 30.3 Å². The maximum atomic E-state index is 12.7. The Morgan fingerprint density at radius 3 is 2.74 bits per heavy atom. The summed E-state index contributed by atoms with van der Waals surface area (Å²) < 4.78 is 17.0. The molecule has 0 radical (unpaired) electrons. The Labute approximate surface area is 158 Å². The average Bonchev–Trinajstić information content (AvgIpc) is 3.13. The molecule has 7 heteroatoms. The van der Waals surface area contributed by atoms with Crippen LogP contribution in [-0.4, -0.2) is 67.2 Å². The highest BCUT2D eigenvalue weighted by molar-refractivity contribution is 5.78. The minimum absolute atomic E-state index is 0.137. The molecule has 27 heavy (non-hydrogen) atoms. The predicted octanol–water partition coefficient (Wildman–Crippen LogP) is 1.63. The molecule has 0 aliphatic carbocycles. The summed E-state index contributed by atoms with van der Waals surface area (Å²) in [5, 5.41) is 0. The van der Waals surface area contributed by atoms with Gasteiger partial charge in [-0.15, -0.1) is 0 Å². The number of ether oxygens (including phenoxy) is 2. The van der Waals surface area contributed by atoms with Gasteiger partial charge in [0.05, 0.1) is 26.3 Å². The van der Waals surface area contributed by atoms with Crippen molar-refractivity contribution in [3.05, 3.63) is 53.2 Å². The Morgan fingerprint density at radius 1 is 1.22 bits per heavy atom. The van der Waals surface area contributed by atoms with E-state index in [-0.39, 0.29) is 12.0 Å². The van der Waals surface area contributed by atoms with Gasteiger partial charge in [-0.05, 0) is 5.56 Å². The minimum atomic E-state index is -0.339. The van der Waals surface area contributed by atoms with Crippen LogP contribution in [0.2, 0.25) is 0 Å². The number of amides is 1. The normalized spacial score (nSPS) is 18.9. The number of aromatic nitrogens is 1. The second kappa shape index (κ2) is 8.21. The van der Waals surface area contributed by atoms with Crippen LogP contribution in [0.4, 0.5) is 0 Å². The standard InChI is InChI=1S/C20H25N3O4/c1-25-19(15-5-3-2-4-6-15)20-21-16-13-23(8-7-17(16)27-20)18(24)14-22-9-11-26-12-10-22/h2-6,19H,7-14H2,1H3. The second-order valence-corrected chi connectivity index (χ2v) is 6.90. The van der Waals surface area contributed by atoms with E-state index >= 15 is 0 Å². The number of oxazole rings is 1. The first-order chi connectivity index (χ1) is 13.2. The lowest BCUT2D eigenvalue weighted by atomic mass is 10.1. The number of rotatable bonds is 5. The molecular formula is C20H25N3O4. The second-order valence-electron chi connectivity index (χ2n) is 6.90.